The summed E-state index contributed by atoms with van der Waals surface area (Å²) in [4.78, 5) is 10.9. The summed E-state index contributed by atoms with van der Waals surface area (Å²) in [6.45, 7) is 2.20. The first kappa shape index (κ1) is 19.3. The first-order valence-corrected chi connectivity index (χ1v) is 8.62. The van der Waals surface area contributed by atoms with E-state index in [-0.39, 0.29) is 6.29 Å². The van der Waals surface area contributed by atoms with Crippen LogP contribution < -0.4 is 0 Å². The van der Waals surface area contributed by atoms with Gasteiger partial charge in [-0.05, 0) is 40.3 Å². The zero-order valence-electron chi connectivity index (χ0n) is 14.5. The first-order chi connectivity index (χ1) is 10.6. The molecule has 1 aliphatic heterocycles. The van der Waals surface area contributed by atoms with Crippen molar-refractivity contribution in [2.45, 2.75) is 77.1 Å². The molecule has 0 spiro atoms. The van der Waals surface area contributed by atoms with E-state index in [1.54, 1.807) is 0 Å². The molecular formula is C17H33N3O2. The minimum Gasteiger partial charge on any atom is -0.396 e. The second-order valence-electron chi connectivity index (χ2n) is 6.41. The van der Waals surface area contributed by atoms with Gasteiger partial charge in [0.05, 0.1) is 5.71 Å². The van der Waals surface area contributed by atoms with Gasteiger partial charge in [0, 0.05) is 12.3 Å². The Bertz CT molecular complexity index is 367. The zero-order valence-corrected chi connectivity index (χ0v) is 14.5. The Morgan fingerprint density at radius 3 is 2.00 bits per heavy atom. The Labute approximate surface area is 135 Å². The van der Waals surface area contributed by atoms with Gasteiger partial charge in [-0.2, -0.15) is 0 Å². The fourth-order valence-corrected chi connectivity index (χ4v) is 2.65. The van der Waals surface area contributed by atoms with Gasteiger partial charge >= 0.3 is 0 Å². The summed E-state index contributed by atoms with van der Waals surface area (Å²) in [6.07, 6.45) is 9.45. The molecule has 1 heterocycles. The fourth-order valence-electron chi connectivity index (χ4n) is 2.65. The van der Waals surface area contributed by atoms with E-state index < -0.39 is 6.10 Å². The van der Waals surface area contributed by atoms with Crippen LogP contribution in [0.5, 0.6) is 0 Å². The third-order valence-electron chi connectivity index (χ3n) is 4.11. The van der Waals surface area contributed by atoms with Crippen LogP contribution in [0.3, 0.4) is 0 Å². The van der Waals surface area contributed by atoms with Gasteiger partial charge in [-0.15, -0.1) is 0 Å². The van der Waals surface area contributed by atoms with Crippen LogP contribution in [0, 0.1) is 0 Å². The van der Waals surface area contributed by atoms with Crippen molar-refractivity contribution >= 4 is 11.4 Å². The minimum absolute atomic E-state index is 0.176. The molecule has 128 valence electrons. The molecule has 1 aliphatic rings. The van der Waals surface area contributed by atoms with Crippen LogP contribution in [0.1, 0.15) is 64.7 Å². The van der Waals surface area contributed by atoms with E-state index in [0.717, 1.165) is 37.1 Å². The normalized spacial score (nSPS) is 21.9. The van der Waals surface area contributed by atoms with Crippen LogP contribution >= 0.6 is 0 Å². The third kappa shape index (κ3) is 6.99. The van der Waals surface area contributed by atoms with Crippen LogP contribution in [0.25, 0.3) is 0 Å². The molecule has 0 bridgehead atoms. The van der Waals surface area contributed by atoms with Crippen LogP contribution in [0.15, 0.2) is 9.98 Å². The smallest absolute Gasteiger partial charge is 0.195 e. The van der Waals surface area contributed by atoms with Gasteiger partial charge in [0.25, 0.3) is 0 Å². The second-order valence-corrected chi connectivity index (χ2v) is 6.41. The number of aliphatic hydroxyl groups excluding tert-OH is 2. The molecule has 0 aromatic heterocycles. The molecule has 5 heteroatoms. The van der Waals surface area contributed by atoms with Gasteiger partial charge in [-0.3, -0.25) is 4.90 Å². The highest BCUT2D eigenvalue weighted by Gasteiger charge is 2.23. The number of aliphatic hydroxyl groups is 2. The SMILES string of the molecule is CC1=N[C@@H](N(C)C)N=C(CCCCCCCCCCO)[C@@H]1O. The van der Waals surface area contributed by atoms with Crippen molar-refractivity contribution in [1.82, 2.24) is 4.90 Å². The van der Waals surface area contributed by atoms with Crippen LogP contribution in [-0.2, 0) is 0 Å². The lowest BCUT2D eigenvalue weighted by atomic mass is 10.0. The summed E-state index contributed by atoms with van der Waals surface area (Å²) < 4.78 is 0. The van der Waals surface area contributed by atoms with Crippen molar-refractivity contribution < 1.29 is 10.2 Å². The Morgan fingerprint density at radius 2 is 1.45 bits per heavy atom. The lowest BCUT2D eigenvalue weighted by Gasteiger charge is -2.26. The Hall–Kier alpha value is -0.780. The molecule has 22 heavy (non-hydrogen) atoms. The Morgan fingerprint density at radius 1 is 0.909 bits per heavy atom. The summed E-state index contributed by atoms with van der Waals surface area (Å²) in [5, 5.41) is 18.9. The molecule has 0 radical (unpaired) electrons. The number of rotatable bonds is 11. The maximum absolute atomic E-state index is 10.2. The van der Waals surface area contributed by atoms with E-state index in [2.05, 4.69) is 9.98 Å². The molecule has 2 N–H and O–H groups in total. The number of nitrogens with zero attached hydrogens (tertiary/aromatic N) is 3. The molecule has 1 rings (SSSR count). The molecule has 0 fully saturated rings. The van der Waals surface area contributed by atoms with Gasteiger partial charge in [-0.25, -0.2) is 9.98 Å². The molecule has 0 saturated heterocycles. The predicted octanol–water partition coefficient (Wildman–Crippen LogP) is 2.61. The summed E-state index contributed by atoms with van der Waals surface area (Å²) >= 11 is 0. The minimum atomic E-state index is -0.588. The average molecular weight is 311 g/mol. The topological polar surface area (TPSA) is 68.4 Å². The summed E-state index contributed by atoms with van der Waals surface area (Å²) in [7, 11) is 3.91. The standard InChI is InChI=1S/C17H33N3O2/c1-14-16(22)15(19-17(18-14)20(2)3)12-10-8-6-4-5-7-9-11-13-21/h16-17,21-22H,4-13H2,1-3H3/t16-,17-/m1/s1. The number of unbranched alkanes of at least 4 members (excludes halogenated alkanes) is 7. The summed E-state index contributed by atoms with van der Waals surface area (Å²) in [5.74, 6) is 0. The molecular weight excluding hydrogens is 278 g/mol. The Kier molecular flexibility index (Phi) is 9.52. The van der Waals surface area contributed by atoms with Crippen molar-refractivity contribution in [1.29, 1.82) is 0 Å². The summed E-state index contributed by atoms with van der Waals surface area (Å²) in [6, 6.07) is 0. The zero-order chi connectivity index (χ0) is 16.4. The lowest BCUT2D eigenvalue weighted by Crippen LogP contribution is -2.38. The highest BCUT2D eigenvalue weighted by Crippen LogP contribution is 2.15. The van der Waals surface area contributed by atoms with Crippen molar-refractivity contribution in [2.75, 3.05) is 20.7 Å². The quantitative estimate of drug-likeness (QED) is 0.576. The van der Waals surface area contributed by atoms with E-state index in [9.17, 15) is 5.11 Å². The molecule has 0 amide bonds. The van der Waals surface area contributed by atoms with E-state index in [0.29, 0.717) is 6.61 Å². The highest BCUT2D eigenvalue weighted by molar-refractivity contribution is 6.10. The van der Waals surface area contributed by atoms with Gasteiger partial charge in [0.2, 0.25) is 0 Å². The number of hydrogen-bond donors (Lipinski definition) is 2. The van der Waals surface area contributed by atoms with Gasteiger partial charge in [0.15, 0.2) is 6.29 Å². The molecule has 0 aliphatic carbocycles. The first-order valence-electron chi connectivity index (χ1n) is 8.62. The fraction of sp³-hybridized carbons (Fsp3) is 0.882. The Balaban J connectivity index is 2.18. The number of aliphatic imine (C=N–C) groups is 2. The molecule has 0 aromatic carbocycles. The monoisotopic (exact) mass is 311 g/mol. The molecule has 0 unspecified atom stereocenters. The van der Waals surface area contributed by atoms with E-state index >= 15 is 0 Å². The van der Waals surface area contributed by atoms with Gasteiger partial charge < -0.3 is 10.2 Å². The van der Waals surface area contributed by atoms with Crippen molar-refractivity contribution in [3.05, 3.63) is 0 Å². The maximum Gasteiger partial charge on any atom is 0.195 e. The second kappa shape index (κ2) is 10.9. The summed E-state index contributed by atoms with van der Waals surface area (Å²) in [5.41, 5.74) is 1.65. The van der Waals surface area contributed by atoms with E-state index in [4.69, 9.17) is 5.11 Å². The average Bonchev–Trinajstić information content (AvgIpc) is 2.49. The predicted molar refractivity (Wildman–Crippen MR) is 92.7 cm³/mol. The molecule has 2 atom stereocenters. The van der Waals surface area contributed by atoms with Gasteiger partial charge in [0.1, 0.15) is 6.10 Å². The van der Waals surface area contributed by atoms with E-state index in [1.807, 2.05) is 25.9 Å². The van der Waals surface area contributed by atoms with Crippen molar-refractivity contribution in [3.8, 4) is 0 Å². The van der Waals surface area contributed by atoms with Crippen LogP contribution in [-0.4, -0.2) is 59.6 Å². The lowest BCUT2D eigenvalue weighted by molar-refractivity contribution is 0.270. The van der Waals surface area contributed by atoms with Crippen LogP contribution in [0.4, 0.5) is 0 Å². The molecule has 0 aromatic rings. The maximum atomic E-state index is 10.2. The van der Waals surface area contributed by atoms with Crippen LogP contribution in [0.2, 0.25) is 0 Å². The number of hydrogen-bond acceptors (Lipinski definition) is 5. The molecule has 5 nitrogen and oxygen atoms in total. The van der Waals surface area contributed by atoms with Crippen molar-refractivity contribution in [3.63, 3.8) is 0 Å². The largest absolute Gasteiger partial charge is 0.396 e. The molecule has 0 saturated carbocycles. The third-order valence-corrected chi connectivity index (χ3v) is 4.11. The van der Waals surface area contributed by atoms with E-state index in [1.165, 1.54) is 32.1 Å². The highest BCUT2D eigenvalue weighted by atomic mass is 16.3. The van der Waals surface area contributed by atoms with Gasteiger partial charge in [-0.1, -0.05) is 38.5 Å². The van der Waals surface area contributed by atoms with Crippen molar-refractivity contribution in [2.24, 2.45) is 9.98 Å².